The standard InChI is InChI=1S/C7H4BClF3O.K/c9-7-2-1-5(4-13)3-6(7)8(10,11)12;/h1-4H;/q-1;+1. The smallest absolute Gasteiger partial charge is 0.445 e. The fraction of sp³-hybridized carbons (Fsp3) is 0. The van der Waals surface area contributed by atoms with Crippen LogP contribution in [0.15, 0.2) is 18.2 Å². The Morgan fingerprint density at radius 3 is 2.29 bits per heavy atom. The Bertz CT molecular complexity index is 342. The maximum atomic E-state index is 12.2. The van der Waals surface area contributed by atoms with Crippen LogP contribution in [0.3, 0.4) is 0 Å². The molecule has 7 heteroatoms. The van der Waals surface area contributed by atoms with Crippen LogP contribution in [0.25, 0.3) is 0 Å². The molecule has 1 aromatic rings. The third kappa shape index (κ3) is 3.68. The van der Waals surface area contributed by atoms with E-state index in [1.54, 1.807) is 0 Å². The minimum absolute atomic E-state index is 0. The Labute approximate surface area is 126 Å². The van der Waals surface area contributed by atoms with Crippen molar-refractivity contribution in [3.8, 4) is 0 Å². The van der Waals surface area contributed by atoms with Crippen molar-refractivity contribution in [2.75, 3.05) is 0 Å². The number of carbonyl (C=O) groups is 1. The minimum Gasteiger partial charge on any atom is -0.445 e. The molecule has 0 saturated carbocycles. The first kappa shape index (κ1) is 14.7. The summed E-state index contributed by atoms with van der Waals surface area (Å²) in [5.41, 5.74) is -0.954. The minimum atomic E-state index is -5.15. The van der Waals surface area contributed by atoms with Gasteiger partial charge in [0.1, 0.15) is 6.29 Å². The second-order valence-electron chi connectivity index (χ2n) is 2.47. The van der Waals surface area contributed by atoms with Crippen molar-refractivity contribution < 1.29 is 69.1 Å². The van der Waals surface area contributed by atoms with Gasteiger partial charge < -0.3 is 12.9 Å². The van der Waals surface area contributed by atoms with Crippen LogP contribution >= 0.6 is 11.6 Å². The van der Waals surface area contributed by atoms with Gasteiger partial charge in [-0.1, -0.05) is 29.2 Å². The van der Waals surface area contributed by atoms with Gasteiger partial charge in [-0.2, -0.15) is 0 Å². The van der Waals surface area contributed by atoms with Gasteiger partial charge in [0, 0.05) is 10.6 Å². The van der Waals surface area contributed by atoms with Gasteiger partial charge in [0.15, 0.2) is 0 Å². The number of hydrogen-bond acceptors (Lipinski definition) is 1. The first-order valence-electron chi connectivity index (χ1n) is 3.39. The molecule has 0 aliphatic heterocycles. The van der Waals surface area contributed by atoms with E-state index in [0.29, 0.717) is 6.29 Å². The van der Waals surface area contributed by atoms with Crippen LogP contribution in [0.2, 0.25) is 5.02 Å². The third-order valence-corrected chi connectivity index (χ3v) is 1.85. The molecule has 0 aliphatic rings. The molecule has 0 spiro atoms. The van der Waals surface area contributed by atoms with Crippen LogP contribution in [0.5, 0.6) is 0 Å². The summed E-state index contributed by atoms with van der Waals surface area (Å²) >= 11 is 5.32. The van der Waals surface area contributed by atoms with Crippen molar-refractivity contribution in [1.82, 2.24) is 0 Å². The monoisotopic (exact) mass is 246 g/mol. The molecule has 0 radical (unpaired) electrons. The molecule has 0 N–H and O–H groups in total. The molecule has 70 valence electrons. The summed E-state index contributed by atoms with van der Waals surface area (Å²) in [6.07, 6.45) is 0.349. The fourth-order valence-electron chi connectivity index (χ4n) is 0.886. The van der Waals surface area contributed by atoms with Crippen molar-refractivity contribution in [2.24, 2.45) is 0 Å². The Morgan fingerprint density at radius 2 is 1.86 bits per heavy atom. The van der Waals surface area contributed by atoms with Gasteiger partial charge in [0.05, 0.1) is 0 Å². The van der Waals surface area contributed by atoms with Crippen molar-refractivity contribution >= 4 is 30.3 Å². The zero-order chi connectivity index (χ0) is 10.1. The fourth-order valence-corrected chi connectivity index (χ4v) is 1.13. The van der Waals surface area contributed by atoms with Gasteiger partial charge in [0.25, 0.3) is 0 Å². The maximum Gasteiger partial charge on any atom is 1.00 e. The molecule has 14 heavy (non-hydrogen) atoms. The number of halogens is 4. The molecule has 0 aliphatic carbocycles. The van der Waals surface area contributed by atoms with Crippen LogP contribution < -0.4 is 56.8 Å². The summed E-state index contributed by atoms with van der Waals surface area (Å²) < 4.78 is 36.7. The van der Waals surface area contributed by atoms with Gasteiger partial charge >= 0.3 is 58.4 Å². The predicted molar refractivity (Wildman–Crippen MR) is 45.6 cm³/mol. The van der Waals surface area contributed by atoms with Crippen LogP contribution in [-0.4, -0.2) is 13.3 Å². The summed E-state index contributed by atoms with van der Waals surface area (Å²) in [4.78, 5) is 10.2. The second-order valence-corrected chi connectivity index (χ2v) is 2.88. The van der Waals surface area contributed by atoms with Crippen LogP contribution in [0, 0.1) is 0 Å². The van der Waals surface area contributed by atoms with E-state index in [1.807, 2.05) is 0 Å². The van der Waals surface area contributed by atoms with E-state index in [4.69, 9.17) is 11.6 Å². The van der Waals surface area contributed by atoms with E-state index in [1.165, 1.54) is 6.07 Å². The molecule has 0 bridgehead atoms. The van der Waals surface area contributed by atoms with Crippen LogP contribution in [-0.2, 0) is 0 Å². The van der Waals surface area contributed by atoms with E-state index < -0.39 is 12.4 Å². The summed E-state index contributed by atoms with van der Waals surface area (Å²) in [7, 11) is 0. The molecule has 0 atom stereocenters. The SMILES string of the molecule is O=Cc1ccc(Cl)c([B-](F)(F)F)c1.[K+]. The molecule has 0 aromatic heterocycles. The van der Waals surface area contributed by atoms with Gasteiger partial charge in [-0.15, -0.1) is 0 Å². The van der Waals surface area contributed by atoms with Crippen molar-refractivity contribution in [3.05, 3.63) is 28.8 Å². The topological polar surface area (TPSA) is 17.1 Å². The van der Waals surface area contributed by atoms with Crippen LogP contribution in [0.4, 0.5) is 12.9 Å². The van der Waals surface area contributed by atoms with Crippen LogP contribution in [0.1, 0.15) is 10.4 Å². The van der Waals surface area contributed by atoms with Gasteiger partial charge in [-0.3, -0.25) is 4.79 Å². The van der Waals surface area contributed by atoms with E-state index in [9.17, 15) is 17.7 Å². The Morgan fingerprint density at radius 1 is 1.29 bits per heavy atom. The van der Waals surface area contributed by atoms with E-state index >= 15 is 0 Å². The molecule has 0 amide bonds. The van der Waals surface area contributed by atoms with E-state index in [2.05, 4.69) is 0 Å². The third-order valence-electron chi connectivity index (χ3n) is 1.51. The number of rotatable bonds is 2. The van der Waals surface area contributed by atoms with E-state index in [0.717, 1.165) is 12.1 Å². The van der Waals surface area contributed by atoms with Crippen molar-refractivity contribution in [1.29, 1.82) is 0 Å². The van der Waals surface area contributed by atoms with Crippen molar-refractivity contribution in [3.63, 3.8) is 0 Å². The molecule has 1 aromatic carbocycles. The van der Waals surface area contributed by atoms with E-state index in [-0.39, 0.29) is 62.0 Å². The Kier molecular flexibility index (Phi) is 5.94. The predicted octanol–water partition coefficient (Wildman–Crippen LogP) is -0.789. The molecule has 0 unspecified atom stereocenters. The first-order chi connectivity index (χ1) is 5.95. The molecule has 0 saturated heterocycles. The summed E-state index contributed by atoms with van der Waals surface area (Å²) in [5.74, 6) is 0. The van der Waals surface area contributed by atoms with Gasteiger partial charge in [0.2, 0.25) is 0 Å². The molecule has 1 nitrogen and oxygen atoms in total. The summed E-state index contributed by atoms with van der Waals surface area (Å²) in [6.45, 7) is -5.15. The summed E-state index contributed by atoms with van der Waals surface area (Å²) in [6, 6.07) is 3.05. The normalized spacial score (nSPS) is 10.6. The molecular weight excluding hydrogens is 242 g/mol. The first-order valence-corrected chi connectivity index (χ1v) is 3.77. The number of hydrogen-bond donors (Lipinski definition) is 0. The zero-order valence-corrected chi connectivity index (χ0v) is 11.2. The largest absolute Gasteiger partial charge is 1.00 e. The zero-order valence-electron chi connectivity index (χ0n) is 7.31. The molecule has 0 fully saturated rings. The van der Waals surface area contributed by atoms with Gasteiger partial charge in [-0.05, 0) is 6.07 Å². The van der Waals surface area contributed by atoms with Crippen molar-refractivity contribution in [2.45, 2.75) is 0 Å². The average Bonchev–Trinajstić information content (AvgIpc) is 2.03. The molecule has 1 rings (SSSR count). The van der Waals surface area contributed by atoms with Gasteiger partial charge in [-0.25, -0.2) is 0 Å². The Balaban J connectivity index is 0.00000169. The second kappa shape index (κ2) is 5.67. The molecule has 0 heterocycles. The molecular formula is C7H4BClF3KO. The average molecular weight is 246 g/mol. The number of carbonyl (C=O) groups excluding carboxylic acids is 1. The quantitative estimate of drug-likeness (QED) is 0.494. The Hall–Kier alpha value is 0.671. The number of aldehydes is 1. The maximum absolute atomic E-state index is 12.2. The summed E-state index contributed by atoms with van der Waals surface area (Å²) in [5, 5.41) is -0.377. The number of benzene rings is 1.